The van der Waals surface area contributed by atoms with E-state index >= 15 is 0 Å². The fraction of sp³-hybridized carbons (Fsp3) is 0.235. The van der Waals surface area contributed by atoms with Crippen LogP contribution in [0, 0.1) is 5.82 Å². The molecule has 1 heterocycles. The highest BCUT2D eigenvalue weighted by molar-refractivity contribution is 7.90. The fourth-order valence-corrected chi connectivity index (χ4v) is 3.69. The third kappa shape index (κ3) is 2.99. The lowest BCUT2D eigenvalue weighted by atomic mass is 9.88. The van der Waals surface area contributed by atoms with Crippen molar-refractivity contribution in [3.8, 4) is 0 Å². The summed E-state index contributed by atoms with van der Waals surface area (Å²) >= 11 is 0. The second kappa shape index (κ2) is 5.90. The Balaban J connectivity index is 2.19. The van der Waals surface area contributed by atoms with Gasteiger partial charge in [0.1, 0.15) is 5.82 Å². The standard InChI is InChI=1S/C17H16FNO4S/c1-24(22,23)14-7-4-11-8-9-19(17(20)21)16(15(11)10-14)12-2-5-13(18)6-3-12/h2-7,10,16H,8-9H2,1H3,(H,20,21)/t16-/m0/s1. The minimum absolute atomic E-state index is 0.139. The number of carbonyl (C=O) groups is 1. The summed E-state index contributed by atoms with van der Waals surface area (Å²) in [5.41, 5.74) is 2.12. The molecule has 0 saturated carbocycles. The maximum absolute atomic E-state index is 13.2. The van der Waals surface area contributed by atoms with Gasteiger partial charge in [0.15, 0.2) is 9.84 Å². The van der Waals surface area contributed by atoms with Crippen LogP contribution in [0.3, 0.4) is 0 Å². The molecular formula is C17H16FNO4S. The molecule has 0 spiro atoms. The van der Waals surface area contributed by atoms with Crippen LogP contribution in [-0.2, 0) is 16.3 Å². The van der Waals surface area contributed by atoms with E-state index in [-0.39, 0.29) is 4.90 Å². The highest BCUT2D eigenvalue weighted by Crippen LogP contribution is 2.36. The Bertz CT molecular complexity index is 893. The van der Waals surface area contributed by atoms with Crippen molar-refractivity contribution in [2.75, 3.05) is 12.8 Å². The predicted octanol–water partition coefficient (Wildman–Crippen LogP) is 2.85. The van der Waals surface area contributed by atoms with Crippen molar-refractivity contribution in [2.24, 2.45) is 0 Å². The average molecular weight is 349 g/mol. The normalized spacial score (nSPS) is 17.4. The van der Waals surface area contributed by atoms with Gasteiger partial charge in [-0.15, -0.1) is 0 Å². The Morgan fingerprint density at radius 1 is 1.21 bits per heavy atom. The van der Waals surface area contributed by atoms with Gasteiger partial charge >= 0.3 is 6.09 Å². The number of halogens is 1. The number of rotatable bonds is 2. The van der Waals surface area contributed by atoms with Gasteiger partial charge in [-0.25, -0.2) is 17.6 Å². The summed E-state index contributed by atoms with van der Waals surface area (Å²) in [6, 6.07) is 9.71. The van der Waals surface area contributed by atoms with Crippen molar-refractivity contribution >= 4 is 15.9 Å². The van der Waals surface area contributed by atoms with Crippen LogP contribution in [0.2, 0.25) is 0 Å². The van der Waals surface area contributed by atoms with Crippen LogP contribution < -0.4 is 0 Å². The first-order valence-corrected chi connectivity index (χ1v) is 9.24. The summed E-state index contributed by atoms with van der Waals surface area (Å²) < 4.78 is 36.9. The van der Waals surface area contributed by atoms with Gasteiger partial charge in [0, 0.05) is 12.8 Å². The Kier molecular flexibility index (Phi) is 4.04. The molecule has 126 valence electrons. The maximum Gasteiger partial charge on any atom is 0.408 e. The fourth-order valence-electron chi connectivity index (χ4n) is 3.03. The SMILES string of the molecule is CS(=O)(=O)c1ccc2c(c1)[C@H](c1ccc(F)cc1)N(C(=O)O)CC2. The largest absolute Gasteiger partial charge is 0.465 e. The van der Waals surface area contributed by atoms with E-state index in [9.17, 15) is 22.7 Å². The summed E-state index contributed by atoms with van der Waals surface area (Å²) in [5.74, 6) is -0.415. The van der Waals surface area contributed by atoms with Crippen LogP contribution in [0.1, 0.15) is 22.7 Å². The number of hydrogen-bond acceptors (Lipinski definition) is 3. The number of fused-ring (bicyclic) bond motifs is 1. The highest BCUT2D eigenvalue weighted by Gasteiger charge is 2.32. The number of hydrogen-bond donors (Lipinski definition) is 1. The van der Waals surface area contributed by atoms with E-state index in [0.717, 1.165) is 11.8 Å². The lowest BCUT2D eigenvalue weighted by Gasteiger charge is -2.36. The topological polar surface area (TPSA) is 74.7 Å². The monoisotopic (exact) mass is 349 g/mol. The smallest absolute Gasteiger partial charge is 0.408 e. The molecule has 0 aliphatic carbocycles. The quantitative estimate of drug-likeness (QED) is 0.905. The molecule has 5 nitrogen and oxygen atoms in total. The van der Waals surface area contributed by atoms with Crippen molar-refractivity contribution in [3.05, 3.63) is 65.0 Å². The molecule has 0 bridgehead atoms. The van der Waals surface area contributed by atoms with Crippen LogP contribution in [0.15, 0.2) is 47.4 Å². The number of carboxylic acid groups (broad SMARTS) is 1. The van der Waals surface area contributed by atoms with Gasteiger partial charge in [-0.05, 0) is 47.4 Å². The zero-order valence-corrected chi connectivity index (χ0v) is 13.8. The molecule has 2 aromatic carbocycles. The molecule has 0 saturated heterocycles. The molecule has 0 fully saturated rings. The van der Waals surface area contributed by atoms with E-state index in [2.05, 4.69) is 0 Å². The van der Waals surface area contributed by atoms with Crippen LogP contribution in [-0.4, -0.2) is 37.3 Å². The minimum atomic E-state index is -3.41. The molecule has 7 heteroatoms. The van der Waals surface area contributed by atoms with Crippen LogP contribution in [0.25, 0.3) is 0 Å². The van der Waals surface area contributed by atoms with Crippen molar-refractivity contribution in [1.29, 1.82) is 0 Å². The van der Waals surface area contributed by atoms with Crippen molar-refractivity contribution in [1.82, 2.24) is 4.90 Å². The molecule has 0 radical (unpaired) electrons. The Labute approximate surface area is 139 Å². The first-order valence-electron chi connectivity index (χ1n) is 7.35. The number of benzene rings is 2. The summed E-state index contributed by atoms with van der Waals surface area (Å²) in [6.45, 7) is 0.294. The molecule has 1 N–H and O–H groups in total. The zero-order valence-electron chi connectivity index (χ0n) is 12.9. The first-order chi connectivity index (χ1) is 11.3. The van der Waals surface area contributed by atoms with E-state index in [1.165, 1.54) is 41.3 Å². The summed E-state index contributed by atoms with van der Waals surface area (Å²) in [5, 5.41) is 9.51. The van der Waals surface area contributed by atoms with Gasteiger partial charge in [-0.1, -0.05) is 18.2 Å². The van der Waals surface area contributed by atoms with Crippen LogP contribution in [0.5, 0.6) is 0 Å². The van der Waals surface area contributed by atoms with Gasteiger partial charge in [0.2, 0.25) is 0 Å². The molecular weight excluding hydrogens is 333 g/mol. The van der Waals surface area contributed by atoms with Crippen molar-refractivity contribution in [2.45, 2.75) is 17.4 Å². The molecule has 0 aromatic heterocycles. The van der Waals surface area contributed by atoms with E-state index in [1.54, 1.807) is 6.07 Å². The zero-order chi connectivity index (χ0) is 17.5. The third-order valence-electron chi connectivity index (χ3n) is 4.21. The average Bonchev–Trinajstić information content (AvgIpc) is 2.53. The molecule has 1 amide bonds. The lowest BCUT2D eigenvalue weighted by molar-refractivity contribution is 0.129. The summed E-state index contributed by atoms with van der Waals surface area (Å²) in [7, 11) is -3.41. The second-order valence-electron chi connectivity index (χ2n) is 5.81. The molecule has 24 heavy (non-hydrogen) atoms. The number of amides is 1. The van der Waals surface area contributed by atoms with E-state index < -0.39 is 27.8 Å². The molecule has 0 unspecified atom stereocenters. The van der Waals surface area contributed by atoms with Gasteiger partial charge in [-0.2, -0.15) is 0 Å². The highest BCUT2D eigenvalue weighted by atomic mass is 32.2. The number of nitrogens with zero attached hydrogens (tertiary/aromatic N) is 1. The van der Waals surface area contributed by atoms with E-state index in [4.69, 9.17) is 0 Å². The molecule has 1 atom stereocenters. The molecule has 2 aromatic rings. The van der Waals surface area contributed by atoms with Gasteiger partial charge in [-0.3, -0.25) is 4.90 Å². The lowest BCUT2D eigenvalue weighted by Crippen LogP contribution is -2.39. The van der Waals surface area contributed by atoms with Gasteiger partial charge < -0.3 is 5.11 Å². The van der Waals surface area contributed by atoms with Crippen LogP contribution in [0.4, 0.5) is 9.18 Å². The molecule has 3 rings (SSSR count). The number of sulfone groups is 1. The van der Waals surface area contributed by atoms with Crippen molar-refractivity contribution in [3.63, 3.8) is 0 Å². The second-order valence-corrected chi connectivity index (χ2v) is 7.83. The molecule has 1 aliphatic heterocycles. The van der Waals surface area contributed by atoms with E-state index in [1.807, 2.05) is 0 Å². The summed E-state index contributed by atoms with van der Waals surface area (Å²) in [6.07, 6.45) is 0.516. The van der Waals surface area contributed by atoms with Crippen molar-refractivity contribution < 1.29 is 22.7 Å². The Morgan fingerprint density at radius 3 is 2.46 bits per heavy atom. The first kappa shape index (κ1) is 16.4. The predicted molar refractivity (Wildman–Crippen MR) is 86.2 cm³/mol. The summed E-state index contributed by atoms with van der Waals surface area (Å²) in [4.78, 5) is 13.0. The maximum atomic E-state index is 13.2. The van der Waals surface area contributed by atoms with Gasteiger partial charge in [0.25, 0.3) is 0 Å². The third-order valence-corrected chi connectivity index (χ3v) is 5.32. The Morgan fingerprint density at radius 2 is 1.88 bits per heavy atom. The molecule has 1 aliphatic rings. The Hall–Kier alpha value is -2.41. The minimum Gasteiger partial charge on any atom is -0.465 e. The van der Waals surface area contributed by atoms with E-state index in [0.29, 0.717) is 24.1 Å². The van der Waals surface area contributed by atoms with Crippen LogP contribution >= 0.6 is 0 Å². The van der Waals surface area contributed by atoms with Gasteiger partial charge in [0.05, 0.1) is 10.9 Å².